The van der Waals surface area contributed by atoms with E-state index in [9.17, 15) is 0 Å². The molecule has 0 aliphatic carbocycles. The van der Waals surface area contributed by atoms with Crippen molar-refractivity contribution in [3.05, 3.63) is 29.0 Å². The zero-order valence-electron chi connectivity index (χ0n) is 9.73. The van der Waals surface area contributed by atoms with E-state index < -0.39 is 0 Å². The van der Waals surface area contributed by atoms with E-state index in [0.29, 0.717) is 0 Å². The Morgan fingerprint density at radius 3 is 2.75 bits per heavy atom. The summed E-state index contributed by atoms with van der Waals surface area (Å²) in [5.41, 5.74) is 8.14. The maximum absolute atomic E-state index is 6.16. The maximum atomic E-state index is 6.16. The second-order valence-electron chi connectivity index (χ2n) is 4.93. The highest BCUT2D eigenvalue weighted by molar-refractivity contribution is 7.10. The van der Waals surface area contributed by atoms with Gasteiger partial charge in [-0.15, -0.1) is 11.3 Å². The lowest BCUT2D eigenvalue weighted by Crippen LogP contribution is -2.26. The molecule has 4 heteroatoms. The number of rotatable bonds is 2. The van der Waals surface area contributed by atoms with Crippen LogP contribution < -0.4 is 5.73 Å². The van der Waals surface area contributed by atoms with Crippen LogP contribution in [0.1, 0.15) is 31.8 Å². The molecule has 0 saturated heterocycles. The van der Waals surface area contributed by atoms with E-state index >= 15 is 0 Å². The molecule has 2 aromatic heterocycles. The second kappa shape index (κ2) is 4.03. The number of nitrogens with two attached hydrogens (primary N) is 1. The number of nitrogens with zero attached hydrogens (tertiary/aromatic N) is 1. The minimum absolute atomic E-state index is 0.0295. The third kappa shape index (κ3) is 2.18. The van der Waals surface area contributed by atoms with Crippen molar-refractivity contribution in [2.75, 3.05) is 0 Å². The van der Waals surface area contributed by atoms with Crippen LogP contribution in [-0.4, -0.2) is 4.98 Å². The van der Waals surface area contributed by atoms with Crippen LogP contribution in [0.3, 0.4) is 0 Å². The van der Waals surface area contributed by atoms with Gasteiger partial charge in [0.25, 0.3) is 0 Å². The highest BCUT2D eigenvalue weighted by Crippen LogP contribution is 2.34. The van der Waals surface area contributed by atoms with E-state index in [-0.39, 0.29) is 11.5 Å². The number of hydrogen-bond acceptors (Lipinski definition) is 4. The lowest BCUT2D eigenvalue weighted by Gasteiger charge is -2.24. The van der Waals surface area contributed by atoms with Crippen LogP contribution in [0.15, 0.2) is 28.4 Å². The van der Waals surface area contributed by atoms with Crippen molar-refractivity contribution in [1.29, 1.82) is 0 Å². The molecule has 86 valence electrons. The highest BCUT2D eigenvalue weighted by atomic mass is 32.1. The molecule has 0 aliphatic rings. The number of aromatic nitrogens is 1. The SMILES string of the molecule is CC(C)(C)C(N)c1nc(-c2ccoc2)cs1. The Balaban J connectivity index is 2.27. The molecule has 0 aromatic carbocycles. The van der Waals surface area contributed by atoms with Gasteiger partial charge in [0.15, 0.2) is 0 Å². The Labute approximate surface area is 99.3 Å². The molecule has 0 amide bonds. The quantitative estimate of drug-likeness (QED) is 0.868. The van der Waals surface area contributed by atoms with E-state index in [2.05, 4.69) is 25.8 Å². The Morgan fingerprint density at radius 1 is 1.44 bits per heavy atom. The molecule has 0 saturated carbocycles. The summed E-state index contributed by atoms with van der Waals surface area (Å²) >= 11 is 1.60. The van der Waals surface area contributed by atoms with Crippen LogP contribution in [0.2, 0.25) is 0 Å². The first kappa shape index (κ1) is 11.4. The minimum atomic E-state index is -0.0295. The standard InChI is InChI=1S/C12H16N2OS/c1-12(2,3)10(13)11-14-9(7-16-11)8-4-5-15-6-8/h4-7,10H,13H2,1-3H3. The third-order valence-electron chi connectivity index (χ3n) is 2.54. The summed E-state index contributed by atoms with van der Waals surface area (Å²) in [7, 11) is 0. The average Bonchev–Trinajstić information content (AvgIpc) is 2.85. The van der Waals surface area contributed by atoms with Gasteiger partial charge in [0, 0.05) is 10.9 Å². The molecule has 16 heavy (non-hydrogen) atoms. The average molecular weight is 236 g/mol. The van der Waals surface area contributed by atoms with Crippen molar-refractivity contribution in [2.24, 2.45) is 11.1 Å². The van der Waals surface area contributed by atoms with Gasteiger partial charge in [0.1, 0.15) is 5.01 Å². The lowest BCUT2D eigenvalue weighted by atomic mass is 9.88. The fourth-order valence-corrected chi connectivity index (χ4v) is 2.42. The molecule has 1 atom stereocenters. The zero-order valence-corrected chi connectivity index (χ0v) is 10.5. The van der Waals surface area contributed by atoms with E-state index in [1.54, 1.807) is 23.9 Å². The molecule has 0 radical (unpaired) electrons. The van der Waals surface area contributed by atoms with Crippen LogP contribution in [0.4, 0.5) is 0 Å². The monoisotopic (exact) mass is 236 g/mol. The molecule has 0 spiro atoms. The van der Waals surface area contributed by atoms with Gasteiger partial charge in [-0.25, -0.2) is 4.98 Å². The van der Waals surface area contributed by atoms with Crippen molar-refractivity contribution >= 4 is 11.3 Å². The Kier molecular flexibility index (Phi) is 2.86. The normalized spacial score (nSPS) is 14.0. The molecule has 0 aliphatic heterocycles. The first-order chi connectivity index (χ1) is 7.48. The fraction of sp³-hybridized carbons (Fsp3) is 0.417. The van der Waals surface area contributed by atoms with Gasteiger partial charge in [-0.2, -0.15) is 0 Å². The first-order valence-electron chi connectivity index (χ1n) is 5.22. The van der Waals surface area contributed by atoms with Crippen LogP contribution in [0.25, 0.3) is 11.3 Å². The van der Waals surface area contributed by atoms with Crippen LogP contribution in [0, 0.1) is 5.41 Å². The second-order valence-corrected chi connectivity index (χ2v) is 5.82. The van der Waals surface area contributed by atoms with Gasteiger partial charge in [0.05, 0.1) is 24.3 Å². The summed E-state index contributed by atoms with van der Waals surface area (Å²) in [5.74, 6) is 0. The van der Waals surface area contributed by atoms with E-state index in [1.165, 1.54) is 0 Å². The third-order valence-corrected chi connectivity index (χ3v) is 3.47. The Hall–Kier alpha value is -1.13. The summed E-state index contributed by atoms with van der Waals surface area (Å²) in [4.78, 5) is 4.55. The molecule has 0 bridgehead atoms. The number of thiazole rings is 1. The first-order valence-corrected chi connectivity index (χ1v) is 6.10. The van der Waals surface area contributed by atoms with Gasteiger partial charge < -0.3 is 10.2 Å². The molecule has 2 N–H and O–H groups in total. The molecular formula is C12H16N2OS. The van der Waals surface area contributed by atoms with Crippen molar-refractivity contribution in [3.8, 4) is 11.3 Å². The summed E-state index contributed by atoms with van der Waals surface area (Å²) in [6.45, 7) is 6.36. The summed E-state index contributed by atoms with van der Waals surface area (Å²) in [6.07, 6.45) is 3.35. The fourth-order valence-electron chi connectivity index (χ4n) is 1.34. The Morgan fingerprint density at radius 2 is 2.19 bits per heavy atom. The van der Waals surface area contributed by atoms with Gasteiger partial charge in [-0.3, -0.25) is 0 Å². The Bertz CT molecular complexity index is 454. The molecule has 0 fully saturated rings. The van der Waals surface area contributed by atoms with Crippen LogP contribution in [0.5, 0.6) is 0 Å². The largest absolute Gasteiger partial charge is 0.472 e. The predicted molar refractivity (Wildman–Crippen MR) is 66.2 cm³/mol. The van der Waals surface area contributed by atoms with Crippen LogP contribution >= 0.6 is 11.3 Å². The van der Waals surface area contributed by atoms with Crippen molar-refractivity contribution in [3.63, 3.8) is 0 Å². The van der Waals surface area contributed by atoms with E-state index in [4.69, 9.17) is 10.2 Å². The number of hydrogen-bond donors (Lipinski definition) is 1. The molecule has 2 aromatic rings. The van der Waals surface area contributed by atoms with Crippen molar-refractivity contribution < 1.29 is 4.42 Å². The summed E-state index contributed by atoms with van der Waals surface area (Å²) in [5, 5.41) is 3.00. The van der Waals surface area contributed by atoms with Crippen molar-refractivity contribution in [2.45, 2.75) is 26.8 Å². The molecule has 1 unspecified atom stereocenters. The molecule has 2 rings (SSSR count). The van der Waals surface area contributed by atoms with Gasteiger partial charge in [0.2, 0.25) is 0 Å². The highest BCUT2D eigenvalue weighted by Gasteiger charge is 2.25. The van der Waals surface area contributed by atoms with Crippen molar-refractivity contribution in [1.82, 2.24) is 4.98 Å². The molecular weight excluding hydrogens is 220 g/mol. The zero-order chi connectivity index (χ0) is 11.8. The predicted octanol–water partition coefficient (Wildman–Crippen LogP) is 3.45. The van der Waals surface area contributed by atoms with Gasteiger partial charge in [-0.05, 0) is 11.5 Å². The van der Waals surface area contributed by atoms with Gasteiger partial charge >= 0.3 is 0 Å². The maximum Gasteiger partial charge on any atom is 0.111 e. The van der Waals surface area contributed by atoms with E-state index in [1.807, 2.05) is 11.4 Å². The molecule has 3 nitrogen and oxygen atoms in total. The van der Waals surface area contributed by atoms with E-state index in [0.717, 1.165) is 16.3 Å². The molecule has 2 heterocycles. The minimum Gasteiger partial charge on any atom is -0.472 e. The summed E-state index contributed by atoms with van der Waals surface area (Å²) < 4.78 is 5.04. The number of furan rings is 1. The summed E-state index contributed by atoms with van der Waals surface area (Å²) in [6, 6.07) is 1.87. The smallest absolute Gasteiger partial charge is 0.111 e. The van der Waals surface area contributed by atoms with Gasteiger partial charge in [-0.1, -0.05) is 20.8 Å². The lowest BCUT2D eigenvalue weighted by molar-refractivity contribution is 0.326. The van der Waals surface area contributed by atoms with Crippen LogP contribution in [-0.2, 0) is 0 Å². The topological polar surface area (TPSA) is 52.0 Å².